The Morgan fingerprint density at radius 1 is 1.50 bits per heavy atom. The zero-order valence-corrected chi connectivity index (χ0v) is 9.64. The molecule has 0 fully saturated rings. The molecule has 0 aliphatic carbocycles. The van der Waals surface area contributed by atoms with Crippen LogP contribution >= 0.6 is 11.6 Å². The van der Waals surface area contributed by atoms with Gasteiger partial charge in [-0.1, -0.05) is 30.7 Å². The van der Waals surface area contributed by atoms with Crippen LogP contribution in [0.2, 0.25) is 5.02 Å². The number of rotatable bonds is 3. The molecule has 0 unspecified atom stereocenters. The number of aromatic amines is 1. The molecule has 0 saturated heterocycles. The van der Waals surface area contributed by atoms with Gasteiger partial charge in [-0.2, -0.15) is 0 Å². The second-order valence-electron chi connectivity index (χ2n) is 3.68. The fourth-order valence-electron chi connectivity index (χ4n) is 1.89. The summed E-state index contributed by atoms with van der Waals surface area (Å²) < 4.78 is 0. The van der Waals surface area contributed by atoms with Crippen molar-refractivity contribution in [3.8, 4) is 0 Å². The van der Waals surface area contributed by atoms with Gasteiger partial charge < -0.3 is 10.1 Å². The predicted octanol–water partition coefficient (Wildman–Crippen LogP) is 3.01. The van der Waals surface area contributed by atoms with Gasteiger partial charge in [0.2, 0.25) is 0 Å². The van der Waals surface area contributed by atoms with Crippen LogP contribution in [0.5, 0.6) is 0 Å². The molecule has 2 aromatic rings. The minimum Gasteiger partial charge on any atom is -0.481 e. The highest BCUT2D eigenvalue weighted by atomic mass is 35.5. The van der Waals surface area contributed by atoms with E-state index in [2.05, 4.69) is 4.98 Å². The smallest absolute Gasteiger partial charge is 0.307 e. The van der Waals surface area contributed by atoms with E-state index in [4.69, 9.17) is 16.7 Å². The first-order chi connectivity index (χ1) is 7.63. The van der Waals surface area contributed by atoms with E-state index in [1.54, 1.807) is 6.07 Å². The molecule has 3 nitrogen and oxygen atoms in total. The lowest BCUT2D eigenvalue weighted by atomic mass is 10.1. The number of carboxylic acids is 1. The van der Waals surface area contributed by atoms with E-state index in [1.165, 1.54) is 0 Å². The number of benzene rings is 1. The summed E-state index contributed by atoms with van der Waals surface area (Å²) >= 11 is 6.22. The monoisotopic (exact) mass is 237 g/mol. The van der Waals surface area contributed by atoms with Crippen molar-refractivity contribution in [1.82, 2.24) is 4.98 Å². The molecule has 2 N–H and O–H groups in total. The maximum absolute atomic E-state index is 10.7. The number of halogens is 1. The first kappa shape index (κ1) is 11.0. The zero-order valence-electron chi connectivity index (χ0n) is 8.88. The van der Waals surface area contributed by atoms with Crippen LogP contribution in [0.4, 0.5) is 0 Å². The fraction of sp³-hybridized carbons (Fsp3) is 0.250. The van der Waals surface area contributed by atoms with Gasteiger partial charge in [-0.3, -0.25) is 4.79 Å². The Hall–Kier alpha value is -1.48. The van der Waals surface area contributed by atoms with Gasteiger partial charge in [-0.15, -0.1) is 0 Å². The largest absolute Gasteiger partial charge is 0.481 e. The number of aliphatic carboxylic acids is 1. The van der Waals surface area contributed by atoms with Gasteiger partial charge in [0.15, 0.2) is 0 Å². The Labute approximate surface area is 98.0 Å². The molecule has 1 heterocycles. The summed E-state index contributed by atoms with van der Waals surface area (Å²) in [5.74, 6) is -0.845. The molecular weight excluding hydrogens is 226 g/mol. The van der Waals surface area contributed by atoms with Crippen LogP contribution < -0.4 is 0 Å². The van der Waals surface area contributed by atoms with Crippen LogP contribution in [0, 0.1) is 0 Å². The number of hydrogen-bond acceptors (Lipinski definition) is 1. The number of H-pyrrole nitrogens is 1. The van der Waals surface area contributed by atoms with Gasteiger partial charge in [0, 0.05) is 16.6 Å². The van der Waals surface area contributed by atoms with Crippen LogP contribution in [0.3, 0.4) is 0 Å². The van der Waals surface area contributed by atoms with Gasteiger partial charge >= 0.3 is 5.97 Å². The number of aryl methyl sites for hydroxylation is 1. The van der Waals surface area contributed by atoms with E-state index in [0.29, 0.717) is 5.02 Å². The maximum Gasteiger partial charge on any atom is 0.307 e. The second kappa shape index (κ2) is 4.18. The summed E-state index contributed by atoms with van der Waals surface area (Å²) in [5, 5.41) is 10.3. The number of fused-ring (bicyclic) bond motifs is 1. The topological polar surface area (TPSA) is 53.1 Å². The van der Waals surface area contributed by atoms with Gasteiger partial charge in [0.25, 0.3) is 0 Å². The van der Waals surface area contributed by atoms with Crippen molar-refractivity contribution < 1.29 is 9.90 Å². The van der Waals surface area contributed by atoms with E-state index in [9.17, 15) is 4.79 Å². The van der Waals surface area contributed by atoms with Crippen molar-refractivity contribution in [2.75, 3.05) is 0 Å². The number of hydrogen-bond donors (Lipinski definition) is 2. The molecule has 0 aliphatic heterocycles. The second-order valence-corrected chi connectivity index (χ2v) is 4.06. The molecule has 1 aromatic heterocycles. The number of nitrogens with one attached hydrogen (secondary N) is 1. The SMILES string of the molecule is CCc1[nH]c2cccc(CC(=O)O)c2c1Cl. The molecule has 16 heavy (non-hydrogen) atoms. The van der Waals surface area contributed by atoms with Crippen LogP contribution in [-0.4, -0.2) is 16.1 Å². The number of carboxylic acid groups (broad SMARTS) is 1. The molecule has 0 bridgehead atoms. The quantitative estimate of drug-likeness (QED) is 0.862. The highest BCUT2D eigenvalue weighted by Gasteiger charge is 2.13. The van der Waals surface area contributed by atoms with Crippen molar-refractivity contribution >= 4 is 28.5 Å². The molecular formula is C12H12ClNO2. The predicted molar refractivity (Wildman–Crippen MR) is 64.0 cm³/mol. The van der Waals surface area contributed by atoms with E-state index >= 15 is 0 Å². The third-order valence-electron chi connectivity index (χ3n) is 2.62. The summed E-state index contributed by atoms with van der Waals surface area (Å²) in [6.45, 7) is 2.01. The molecule has 0 atom stereocenters. The van der Waals surface area contributed by atoms with Crippen molar-refractivity contribution in [3.05, 3.63) is 34.5 Å². The maximum atomic E-state index is 10.7. The first-order valence-electron chi connectivity index (χ1n) is 5.13. The van der Waals surface area contributed by atoms with Crippen LogP contribution in [0.25, 0.3) is 10.9 Å². The minimum atomic E-state index is -0.845. The lowest BCUT2D eigenvalue weighted by Gasteiger charge is -2.00. The number of carbonyl (C=O) groups is 1. The lowest BCUT2D eigenvalue weighted by Crippen LogP contribution is -2.00. The van der Waals surface area contributed by atoms with E-state index in [-0.39, 0.29) is 6.42 Å². The summed E-state index contributed by atoms with van der Waals surface area (Å²) in [7, 11) is 0. The van der Waals surface area contributed by atoms with Crippen LogP contribution in [0.1, 0.15) is 18.2 Å². The Balaban J connectivity index is 2.65. The Morgan fingerprint density at radius 2 is 2.25 bits per heavy atom. The molecule has 2 rings (SSSR count). The zero-order chi connectivity index (χ0) is 11.7. The molecule has 84 valence electrons. The Bertz CT molecular complexity index is 545. The van der Waals surface area contributed by atoms with Crippen molar-refractivity contribution in [2.45, 2.75) is 19.8 Å². The number of aromatic nitrogens is 1. The van der Waals surface area contributed by atoms with E-state index < -0.39 is 5.97 Å². The average molecular weight is 238 g/mol. The van der Waals surface area contributed by atoms with Crippen molar-refractivity contribution in [2.24, 2.45) is 0 Å². The highest BCUT2D eigenvalue weighted by Crippen LogP contribution is 2.30. The summed E-state index contributed by atoms with van der Waals surface area (Å²) in [4.78, 5) is 13.9. The first-order valence-corrected chi connectivity index (χ1v) is 5.51. The third kappa shape index (κ3) is 1.78. The van der Waals surface area contributed by atoms with Crippen LogP contribution in [0.15, 0.2) is 18.2 Å². The van der Waals surface area contributed by atoms with Crippen molar-refractivity contribution in [1.29, 1.82) is 0 Å². The third-order valence-corrected chi connectivity index (χ3v) is 3.03. The minimum absolute atomic E-state index is 0.00192. The molecule has 1 aromatic carbocycles. The normalized spacial score (nSPS) is 10.9. The molecule has 0 spiro atoms. The molecule has 0 radical (unpaired) electrons. The standard InChI is InChI=1S/C12H12ClNO2/c1-2-8-12(13)11-7(6-10(15)16)4-3-5-9(11)14-8/h3-5,14H,2,6H2,1H3,(H,15,16). The Morgan fingerprint density at radius 3 is 2.88 bits per heavy atom. The van der Waals surface area contributed by atoms with Gasteiger partial charge in [0.05, 0.1) is 11.4 Å². The van der Waals surface area contributed by atoms with E-state index in [1.807, 2.05) is 19.1 Å². The molecule has 0 saturated carbocycles. The fourth-order valence-corrected chi connectivity index (χ4v) is 2.29. The van der Waals surface area contributed by atoms with Gasteiger partial charge in [0.1, 0.15) is 0 Å². The summed E-state index contributed by atoms with van der Waals surface area (Å²) in [6.07, 6.45) is 0.804. The van der Waals surface area contributed by atoms with E-state index in [0.717, 1.165) is 28.6 Å². The summed E-state index contributed by atoms with van der Waals surface area (Å²) in [6, 6.07) is 5.55. The summed E-state index contributed by atoms with van der Waals surface area (Å²) in [5.41, 5.74) is 2.61. The Kier molecular flexibility index (Phi) is 2.88. The highest BCUT2D eigenvalue weighted by molar-refractivity contribution is 6.36. The lowest BCUT2D eigenvalue weighted by molar-refractivity contribution is -0.136. The van der Waals surface area contributed by atoms with Crippen LogP contribution in [-0.2, 0) is 17.6 Å². The molecule has 0 amide bonds. The van der Waals surface area contributed by atoms with Gasteiger partial charge in [-0.05, 0) is 18.1 Å². The molecule has 0 aliphatic rings. The van der Waals surface area contributed by atoms with Gasteiger partial charge in [-0.25, -0.2) is 0 Å². The molecule has 4 heteroatoms. The van der Waals surface area contributed by atoms with Crippen molar-refractivity contribution in [3.63, 3.8) is 0 Å². The average Bonchev–Trinajstić information content (AvgIpc) is 2.56.